The van der Waals surface area contributed by atoms with Crippen molar-refractivity contribution < 1.29 is 14.3 Å². The van der Waals surface area contributed by atoms with E-state index in [0.29, 0.717) is 16.9 Å². The zero-order chi connectivity index (χ0) is 11.9. The summed E-state index contributed by atoms with van der Waals surface area (Å²) in [6.07, 6.45) is 0. The highest BCUT2D eigenvalue weighted by atomic mass is 79.9. The van der Waals surface area contributed by atoms with E-state index in [2.05, 4.69) is 15.9 Å². The largest absolute Gasteiger partial charge is 0.480 e. The lowest BCUT2D eigenvalue weighted by atomic mass is 10.0. The van der Waals surface area contributed by atoms with Crippen LogP contribution in [0, 0.1) is 6.92 Å². The number of rotatable bonds is 2. The Morgan fingerprint density at radius 2 is 2.25 bits per heavy atom. The maximum atomic E-state index is 10.9. The van der Waals surface area contributed by atoms with Crippen LogP contribution in [0.25, 0.3) is 11.0 Å². The summed E-state index contributed by atoms with van der Waals surface area (Å²) < 4.78 is 6.32. The molecule has 1 heterocycles. The summed E-state index contributed by atoms with van der Waals surface area (Å²) >= 11 is 3.33. The van der Waals surface area contributed by atoms with Gasteiger partial charge in [0.15, 0.2) is 0 Å². The maximum absolute atomic E-state index is 10.9. The Bertz CT molecular complexity index is 562. The molecule has 2 rings (SSSR count). The van der Waals surface area contributed by atoms with Crippen LogP contribution >= 0.6 is 15.9 Å². The van der Waals surface area contributed by atoms with Crippen LogP contribution in [-0.2, 0) is 4.79 Å². The van der Waals surface area contributed by atoms with Gasteiger partial charge in [-0.15, -0.1) is 0 Å². The first-order chi connectivity index (χ1) is 7.50. The number of nitrogens with two attached hydrogens (primary N) is 1. The number of hydrogen-bond acceptors (Lipinski definition) is 3. The second-order valence-corrected chi connectivity index (χ2v) is 4.44. The molecule has 5 heteroatoms. The van der Waals surface area contributed by atoms with Crippen LogP contribution in [0.2, 0.25) is 0 Å². The number of benzene rings is 1. The second kappa shape index (κ2) is 3.92. The van der Waals surface area contributed by atoms with Crippen molar-refractivity contribution in [3.8, 4) is 0 Å². The Kier molecular flexibility index (Phi) is 2.73. The quantitative estimate of drug-likeness (QED) is 0.888. The number of aryl methyl sites for hydroxylation is 1. The van der Waals surface area contributed by atoms with Crippen molar-refractivity contribution in [2.75, 3.05) is 0 Å². The molecule has 0 aliphatic carbocycles. The minimum atomic E-state index is -1.06. The third-order valence-corrected chi connectivity index (χ3v) is 2.94. The molecule has 0 bridgehead atoms. The van der Waals surface area contributed by atoms with Gasteiger partial charge in [0.1, 0.15) is 17.4 Å². The molecule has 4 nitrogen and oxygen atoms in total. The van der Waals surface area contributed by atoms with E-state index in [9.17, 15) is 4.79 Å². The second-order valence-electron chi connectivity index (χ2n) is 3.53. The number of carbonyl (C=O) groups is 1. The molecule has 0 amide bonds. The predicted octanol–water partition coefficient (Wildman–Crippen LogP) is 2.59. The van der Waals surface area contributed by atoms with Gasteiger partial charge in [0.25, 0.3) is 0 Å². The first kappa shape index (κ1) is 11.2. The lowest BCUT2D eigenvalue weighted by Gasteiger charge is -2.05. The van der Waals surface area contributed by atoms with Gasteiger partial charge in [-0.2, -0.15) is 0 Å². The fourth-order valence-electron chi connectivity index (χ4n) is 1.72. The highest BCUT2D eigenvalue weighted by molar-refractivity contribution is 9.10. The zero-order valence-electron chi connectivity index (χ0n) is 8.53. The highest BCUT2D eigenvalue weighted by Crippen LogP contribution is 2.31. The van der Waals surface area contributed by atoms with Crippen molar-refractivity contribution in [1.29, 1.82) is 0 Å². The maximum Gasteiger partial charge on any atom is 0.325 e. The smallest absolute Gasteiger partial charge is 0.325 e. The molecule has 1 unspecified atom stereocenters. The van der Waals surface area contributed by atoms with Gasteiger partial charge in [-0.05, 0) is 25.1 Å². The molecular formula is C11H10BrNO3. The Labute approximate surface area is 100 Å². The summed E-state index contributed by atoms with van der Waals surface area (Å²) in [5.74, 6) is -0.520. The molecule has 1 aromatic heterocycles. The van der Waals surface area contributed by atoms with Crippen LogP contribution in [0.4, 0.5) is 0 Å². The SMILES string of the molecule is Cc1oc2ccc(Br)cc2c1C(N)C(=O)O. The van der Waals surface area contributed by atoms with Crippen LogP contribution in [0.3, 0.4) is 0 Å². The molecule has 3 N–H and O–H groups in total. The Balaban J connectivity index is 2.72. The zero-order valence-corrected chi connectivity index (χ0v) is 10.1. The minimum Gasteiger partial charge on any atom is -0.480 e. The average Bonchev–Trinajstić information content (AvgIpc) is 2.52. The summed E-state index contributed by atoms with van der Waals surface area (Å²) in [5.41, 5.74) is 6.80. The van der Waals surface area contributed by atoms with E-state index in [0.717, 1.165) is 9.86 Å². The van der Waals surface area contributed by atoms with Gasteiger partial charge in [0.05, 0.1) is 0 Å². The van der Waals surface area contributed by atoms with Crippen molar-refractivity contribution in [2.45, 2.75) is 13.0 Å². The van der Waals surface area contributed by atoms with E-state index in [1.807, 2.05) is 12.1 Å². The molecule has 1 aromatic carbocycles. The topological polar surface area (TPSA) is 76.5 Å². The van der Waals surface area contributed by atoms with Gasteiger partial charge in [0, 0.05) is 15.4 Å². The van der Waals surface area contributed by atoms with E-state index in [-0.39, 0.29) is 0 Å². The number of halogens is 1. The summed E-state index contributed by atoms with van der Waals surface area (Å²) in [4.78, 5) is 10.9. The lowest BCUT2D eigenvalue weighted by Crippen LogP contribution is -2.21. The van der Waals surface area contributed by atoms with Gasteiger partial charge >= 0.3 is 5.97 Å². The normalized spacial score (nSPS) is 12.9. The highest BCUT2D eigenvalue weighted by Gasteiger charge is 2.22. The third kappa shape index (κ3) is 1.72. The van der Waals surface area contributed by atoms with Gasteiger partial charge in [-0.3, -0.25) is 4.79 Å². The summed E-state index contributed by atoms with van der Waals surface area (Å²) in [5, 5.41) is 9.67. The van der Waals surface area contributed by atoms with Crippen molar-refractivity contribution in [3.63, 3.8) is 0 Å². The number of fused-ring (bicyclic) bond motifs is 1. The Morgan fingerprint density at radius 1 is 1.56 bits per heavy atom. The summed E-state index contributed by atoms with van der Waals surface area (Å²) in [6, 6.07) is 4.37. The fourth-order valence-corrected chi connectivity index (χ4v) is 2.08. The molecule has 0 aliphatic rings. The van der Waals surface area contributed by atoms with Crippen molar-refractivity contribution in [3.05, 3.63) is 34.0 Å². The molecule has 0 saturated heterocycles. The Hall–Kier alpha value is -1.33. The molecular weight excluding hydrogens is 274 g/mol. The lowest BCUT2D eigenvalue weighted by molar-refractivity contribution is -0.138. The van der Waals surface area contributed by atoms with Crippen LogP contribution in [0.1, 0.15) is 17.4 Å². The van der Waals surface area contributed by atoms with Crippen LogP contribution in [0.5, 0.6) is 0 Å². The number of hydrogen-bond donors (Lipinski definition) is 2. The standard InChI is InChI=1S/C11H10BrNO3/c1-5-9(10(13)11(14)15)7-4-6(12)2-3-8(7)16-5/h2-4,10H,13H2,1H3,(H,14,15). The van der Waals surface area contributed by atoms with E-state index in [1.165, 1.54) is 0 Å². The first-order valence-corrected chi connectivity index (χ1v) is 5.47. The molecule has 0 saturated carbocycles. The monoisotopic (exact) mass is 283 g/mol. The molecule has 16 heavy (non-hydrogen) atoms. The number of carboxylic acid groups (broad SMARTS) is 1. The van der Waals surface area contributed by atoms with Gasteiger partial charge in [-0.25, -0.2) is 0 Å². The van der Waals surface area contributed by atoms with E-state index < -0.39 is 12.0 Å². The first-order valence-electron chi connectivity index (χ1n) is 4.67. The van der Waals surface area contributed by atoms with Gasteiger partial charge in [-0.1, -0.05) is 15.9 Å². The predicted molar refractivity (Wildman–Crippen MR) is 63.2 cm³/mol. The van der Waals surface area contributed by atoms with Gasteiger partial charge < -0.3 is 15.3 Å². The molecule has 0 fully saturated rings. The number of aliphatic carboxylic acids is 1. The Morgan fingerprint density at radius 3 is 2.88 bits per heavy atom. The molecule has 0 aliphatic heterocycles. The van der Waals surface area contributed by atoms with Crippen molar-refractivity contribution >= 4 is 32.9 Å². The van der Waals surface area contributed by atoms with Crippen molar-refractivity contribution in [1.82, 2.24) is 0 Å². The van der Waals surface area contributed by atoms with Crippen LogP contribution < -0.4 is 5.73 Å². The molecule has 1 atom stereocenters. The average molecular weight is 284 g/mol. The number of furan rings is 1. The molecule has 84 valence electrons. The molecule has 0 radical (unpaired) electrons. The van der Waals surface area contributed by atoms with Crippen LogP contribution in [-0.4, -0.2) is 11.1 Å². The van der Waals surface area contributed by atoms with E-state index in [4.69, 9.17) is 15.3 Å². The fraction of sp³-hybridized carbons (Fsp3) is 0.182. The summed E-state index contributed by atoms with van der Waals surface area (Å²) in [7, 11) is 0. The van der Waals surface area contributed by atoms with Gasteiger partial charge in [0.2, 0.25) is 0 Å². The van der Waals surface area contributed by atoms with Crippen LogP contribution in [0.15, 0.2) is 27.1 Å². The number of carboxylic acids is 1. The third-order valence-electron chi connectivity index (χ3n) is 2.45. The molecule has 0 spiro atoms. The minimum absolute atomic E-state index is 0.531. The molecule has 2 aromatic rings. The van der Waals surface area contributed by atoms with E-state index >= 15 is 0 Å². The van der Waals surface area contributed by atoms with Crippen molar-refractivity contribution in [2.24, 2.45) is 5.73 Å². The summed E-state index contributed by atoms with van der Waals surface area (Å²) in [6.45, 7) is 1.71. The van der Waals surface area contributed by atoms with E-state index in [1.54, 1.807) is 13.0 Å².